The van der Waals surface area contributed by atoms with Gasteiger partial charge in [0.2, 0.25) is 11.1 Å². The fraction of sp³-hybridized carbons (Fsp3) is 0.529. The van der Waals surface area contributed by atoms with Gasteiger partial charge in [-0.25, -0.2) is 0 Å². The van der Waals surface area contributed by atoms with E-state index in [1.165, 1.54) is 4.88 Å². The molecule has 2 rings (SSSR count). The zero-order valence-corrected chi connectivity index (χ0v) is 15.3. The van der Waals surface area contributed by atoms with Gasteiger partial charge in [-0.2, -0.15) is 0 Å². The van der Waals surface area contributed by atoms with Crippen molar-refractivity contribution in [3.05, 3.63) is 38.9 Å². The molecule has 126 valence electrons. The van der Waals surface area contributed by atoms with E-state index >= 15 is 0 Å². The monoisotopic (exact) mass is 354 g/mol. The van der Waals surface area contributed by atoms with Crippen molar-refractivity contribution in [2.45, 2.75) is 52.5 Å². The normalized spacial score (nSPS) is 12.6. The van der Waals surface area contributed by atoms with Crippen LogP contribution in [0.25, 0.3) is 0 Å². The third-order valence-electron chi connectivity index (χ3n) is 4.23. The summed E-state index contributed by atoms with van der Waals surface area (Å²) in [7, 11) is 0. The van der Waals surface area contributed by atoms with Crippen molar-refractivity contribution in [2.24, 2.45) is 5.92 Å². The smallest absolute Gasteiger partial charge is 0.229 e. The van der Waals surface area contributed by atoms with Crippen molar-refractivity contribution in [1.82, 2.24) is 10.5 Å². The Morgan fingerprint density at radius 2 is 2.17 bits per heavy atom. The van der Waals surface area contributed by atoms with Crippen molar-refractivity contribution in [3.63, 3.8) is 0 Å². The summed E-state index contributed by atoms with van der Waals surface area (Å²) in [5, 5.41) is 9.35. The average Bonchev–Trinajstić information content (AvgIpc) is 3.16. The molecule has 0 radical (unpaired) electrons. The van der Waals surface area contributed by atoms with Gasteiger partial charge in [-0.15, -0.1) is 11.3 Å². The minimum absolute atomic E-state index is 0.0342. The maximum absolute atomic E-state index is 12.4. The number of hydrogen-bond donors (Lipinski definition) is 1. The van der Waals surface area contributed by atoms with E-state index in [1.807, 2.05) is 13.0 Å². The van der Waals surface area contributed by atoms with Crippen LogP contribution in [0.2, 0.25) is 5.22 Å². The molecule has 0 saturated carbocycles. The molecule has 4 nitrogen and oxygen atoms in total. The number of thiophene rings is 1. The third kappa shape index (κ3) is 4.58. The van der Waals surface area contributed by atoms with Gasteiger partial charge in [0, 0.05) is 16.9 Å². The van der Waals surface area contributed by atoms with Crippen LogP contribution in [-0.2, 0) is 11.2 Å². The van der Waals surface area contributed by atoms with Crippen LogP contribution in [0, 0.1) is 12.8 Å². The molecule has 2 heterocycles. The number of amides is 1. The van der Waals surface area contributed by atoms with E-state index < -0.39 is 0 Å². The van der Waals surface area contributed by atoms with Crippen molar-refractivity contribution >= 4 is 28.8 Å². The molecule has 6 heteroatoms. The molecule has 1 amide bonds. The second-order valence-electron chi connectivity index (χ2n) is 5.66. The van der Waals surface area contributed by atoms with Crippen LogP contribution in [-0.4, -0.2) is 11.1 Å². The zero-order valence-electron chi connectivity index (χ0n) is 13.8. The fourth-order valence-corrected chi connectivity index (χ4v) is 3.91. The average molecular weight is 355 g/mol. The van der Waals surface area contributed by atoms with Crippen molar-refractivity contribution in [3.8, 4) is 0 Å². The van der Waals surface area contributed by atoms with Gasteiger partial charge in [-0.05, 0) is 42.3 Å². The highest BCUT2D eigenvalue weighted by Crippen LogP contribution is 2.30. The Hall–Kier alpha value is -1.33. The molecular formula is C17H23ClN2O2S. The number of aryl methyl sites for hydroxylation is 1. The van der Waals surface area contributed by atoms with E-state index in [9.17, 15) is 4.79 Å². The van der Waals surface area contributed by atoms with Gasteiger partial charge in [0.15, 0.2) is 0 Å². The lowest BCUT2D eigenvalue weighted by atomic mass is 9.92. The van der Waals surface area contributed by atoms with Crippen LogP contribution in [0.1, 0.15) is 55.3 Å². The Bertz CT molecular complexity index is 601. The lowest BCUT2D eigenvalue weighted by Crippen LogP contribution is -2.33. The Kier molecular flexibility index (Phi) is 6.66. The number of carbonyl (C=O) groups excluding carboxylic acids is 1. The van der Waals surface area contributed by atoms with Crippen LogP contribution in [0.15, 0.2) is 22.0 Å². The number of carbonyl (C=O) groups is 1. The molecule has 0 aliphatic rings. The summed E-state index contributed by atoms with van der Waals surface area (Å²) >= 11 is 7.64. The predicted octanol–water partition coefficient (Wildman–Crippen LogP) is 4.92. The molecule has 23 heavy (non-hydrogen) atoms. The maximum Gasteiger partial charge on any atom is 0.229 e. The summed E-state index contributed by atoms with van der Waals surface area (Å²) in [5.41, 5.74) is 1.56. The molecule has 0 saturated heterocycles. The van der Waals surface area contributed by atoms with Crippen LogP contribution in [0.5, 0.6) is 0 Å². The fourth-order valence-electron chi connectivity index (χ4n) is 2.77. The van der Waals surface area contributed by atoms with Gasteiger partial charge in [0.1, 0.15) is 0 Å². The molecule has 0 aliphatic carbocycles. The van der Waals surface area contributed by atoms with Gasteiger partial charge in [0.05, 0.1) is 11.7 Å². The molecule has 0 spiro atoms. The SMILES string of the molecule is CCC(CC)C(NC(=O)CCc1c(C)noc1Cl)c1cccs1. The van der Waals surface area contributed by atoms with E-state index in [0.717, 1.165) is 24.1 Å². The molecule has 2 aromatic heterocycles. The van der Waals surface area contributed by atoms with Crippen molar-refractivity contribution in [1.29, 1.82) is 0 Å². The van der Waals surface area contributed by atoms with Gasteiger partial charge in [-0.1, -0.05) is 37.9 Å². The molecule has 1 N–H and O–H groups in total. The van der Waals surface area contributed by atoms with Gasteiger partial charge in [-0.3, -0.25) is 4.79 Å². The minimum atomic E-state index is 0.0342. The number of aromatic nitrogens is 1. The molecule has 0 fully saturated rings. The van der Waals surface area contributed by atoms with E-state index in [4.69, 9.17) is 16.1 Å². The van der Waals surface area contributed by atoms with Gasteiger partial charge in [0.25, 0.3) is 0 Å². The molecule has 0 aromatic carbocycles. The van der Waals surface area contributed by atoms with E-state index in [-0.39, 0.29) is 17.2 Å². The van der Waals surface area contributed by atoms with Gasteiger partial charge < -0.3 is 9.84 Å². The first-order chi connectivity index (χ1) is 11.1. The standard InChI is InChI=1S/C17H23ClN2O2S/c1-4-12(5-2)16(14-7-6-10-23-14)19-15(21)9-8-13-11(3)20-22-17(13)18/h6-7,10,12,16H,4-5,8-9H2,1-3H3,(H,19,21). The molecular weight excluding hydrogens is 332 g/mol. The number of halogens is 1. The number of nitrogens with one attached hydrogen (secondary N) is 1. The molecule has 1 atom stereocenters. The highest BCUT2D eigenvalue weighted by atomic mass is 35.5. The Balaban J connectivity index is 2.00. The number of hydrogen-bond acceptors (Lipinski definition) is 4. The van der Waals surface area contributed by atoms with Crippen LogP contribution in [0.4, 0.5) is 0 Å². The Morgan fingerprint density at radius 3 is 2.70 bits per heavy atom. The van der Waals surface area contributed by atoms with E-state index in [0.29, 0.717) is 18.8 Å². The van der Waals surface area contributed by atoms with Crippen LogP contribution >= 0.6 is 22.9 Å². The van der Waals surface area contributed by atoms with Crippen molar-refractivity contribution < 1.29 is 9.32 Å². The molecule has 0 bridgehead atoms. The summed E-state index contributed by atoms with van der Waals surface area (Å²) in [6.07, 6.45) is 3.00. The zero-order chi connectivity index (χ0) is 16.8. The molecule has 2 aromatic rings. The van der Waals surface area contributed by atoms with Crippen molar-refractivity contribution in [2.75, 3.05) is 0 Å². The number of nitrogens with zero attached hydrogens (tertiary/aromatic N) is 1. The van der Waals surface area contributed by atoms with E-state index in [2.05, 4.69) is 35.8 Å². The van der Waals surface area contributed by atoms with Crippen LogP contribution < -0.4 is 5.32 Å². The first kappa shape index (κ1) is 18.0. The highest BCUT2D eigenvalue weighted by Gasteiger charge is 2.23. The molecule has 0 aliphatic heterocycles. The quantitative estimate of drug-likeness (QED) is 0.731. The first-order valence-corrected chi connectivity index (χ1v) is 9.25. The van der Waals surface area contributed by atoms with Gasteiger partial charge >= 0.3 is 0 Å². The summed E-state index contributed by atoms with van der Waals surface area (Å²) in [6.45, 7) is 6.17. The summed E-state index contributed by atoms with van der Waals surface area (Å²) in [6, 6.07) is 4.20. The summed E-state index contributed by atoms with van der Waals surface area (Å²) in [5.74, 6) is 0.477. The van der Waals surface area contributed by atoms with E-state index in [1.54, 1.807) is 11.3 Å². The van der Waals surface area contributed by atoms with Crippen LogP contribution in [0.3, 0.4) is 0 Å². The second kappa shape index (κ2) is 8.50. The maximum atomic E-state index is 12.4. The largest absolute Gasteiger partial charge is 0.348 e. The Morgan fingerprint density at radius 1 is 1.43 bits per heavy atom. The second-order valence-corrected chi connectivity index (χ2v) is 6.98. The predicted molar refractivity (Wildman–Crippen MR) is 93.8 cm³/mol. The summed E-state index contributed by atoms with van der Waals surface area (Å²) < 4.78 is 4.93. The lowest BCUT2D eigenvalue weighted by molar-refractivity contribution is -0.122. The topological polar surface area (TPSA) is 55.1 Å². The minimum Gasteiger partial charge on any atom is -0.348 e. The Labute approximate surface area is 146 Å². The molecule has 1 unspecified atom stereocenters. The number of rotatable bonds is 8. The summed E-state index contributed by atoms with van der Waals surface area (Å²) in [4.78, 5) is 13.6. The first-order valence-electron chi connectivity index (χ1n) is 8.00. The third-order valence-corrected chi connectivity index (χ3v) is 5.48. The lowest BCUT2D eigenvalue weighted by Gasteiger charge is -2.25. The highest BCUT2D eigenvalue weighted by molar-refractivity contribution is 7.10.